The molecule has 3 fully saturated rings. The lowest BCUT2D eigenvalue weighted by atomic mass is 10.1. The van der Waals surface area contributed by atoms with Crippen LogP contribution in [0.4, 0.5) is 22.1 Å². The number of fused-ring (bicyclic) bond motifs is 1. The van der Waals surface area contributed by atoms with E-state index in [2.05, 4.69) is 33.8 Å². The normalized spacial score (nSPS) is 20.4. The van der Waals surface area contributed by atoms with Gasteiger partial charge in [-0.15, -0.1) is 5.10 Å². The standard InChI is InChI=1S/C30H41ClN8O3/c1-21-8-9-22(31)19-23(21)35-10-12-36(13-11-35)26-25-27(33-20-32-26)39(24-7-5-6-18-41-24)34-28(25)37-14-16-38(17-15-37)29(40)42-30(2,3)4/h8-9,19-20,24H,5-7,10-18H2,1-4H3. The van der Waals surface area contributed by atoms with E-state index in [0.29, 0.717) is 26.2 Å². The third-order valence-corrected chi connectivity index (χ3v) is 8.44. The van der Waals surface area contributed by atoms with E-state index in [1.807, 2.05) is 31.5 Å². The fraction of sp³-hybridized carbons (Fsp3) is 0.600. The van der Waals surface area contributed by atoms with E-state index in [0.717, 1.165) is 79.7 Å². The van der Waals surface area contributed by atoms with Crippen molar-refractivity contribution in [3.05, 3.63) is 35.1 Å². The molecule has 11 nitrogen and oxygen atoms in total. The van der Waals surface area contributed by atoms with Crippen molar-refractivity contribution in [3.8, 4) is 0 Å². The Hall–Kier alpha value is -3.31. The van der Waals surface area contributed by atoms with E-state index < -0.39 is 5.60 Å². The molecule has 42 heavy (non-hydrogen) atoms. The number of halogens is 1. The molecule has 0 saturated carbocycles. The van der Waals surface area contributed by atoms with Crippen LogP contribution in [0.25, 0.3) is 11.0 Å². The number of amides is 1. The molecule has 3 saturated heterocycles. The predicted molar refractivity (Wildman–Crippen MR) is 165 cm³/mol. The van der Waals surface area contributed by atoms with Gasteiger partial charge in [-0.05, 0) is 64.7 Å². The maximum atomic E-state index is 12.7. The van der Waals surface area contributed by atoms with Gasteiger partial charge in [0.2, 0.25) is 0 Å². The van der Waals surface area contributed by atoms with E-state index in [-0.39, 0.29) is 12.3 Å². The summed E-state index contributed by atoms with van der Waals surface area (Å²) in [6.45, 7) is 14.3. The van der Waals surface area contributed by atoms with Gasteiger partial charge in [0.25, 0.3) is 0 Å². The molecule has 3 aliphatic heterocycles. The van der Waals surface area contributed by atoms with Gasteiger partial charge < -0.3 is 29.1 Å². The number of nitrogens with zero attached hydrogens (tertiary/aromatic N) is 8. The van der Waals surface area contributed by atoms with Gasteiger partial charge in [-0.3, -0.25) is 0 Å². The molecule has 0 aliphatic carbocycles. The number of aromatic nitrogens is 4. The topological polar surface area (TPSA) is 92.1 Å². The minimum absolute atomic E-state index is 0.150. The Morgan fingerprint density at radius 1 is 0.952 bits per heavy atom. The molecule has 3 aliphatic rings. The van der Waals surface area contributed by atoms with Gasteiger partial charge in [0.15, 0.2) is 17.7 Å². The Balaban J connectivity index is 1.28. The lowest BCUT2D eigenvalue weighted by Crippen LogP contribution is -2.50. The molecule has 5 heterocycles. The zero-order valence-corrected chi connectivity index (χ0v) is 25.8. The van der Waals surface area contributed by atoms with Crippen LogP contribution >= 0.6 is 11.6 Å². The number of anilines is 3. The number of rotatable bonds is 4. The average molecular weight is 597 g/mol. The highest BCUT2D eigenvalue weighted by Gasteiger charge is 2.32. The van der Waals surface area contributed by atoms with Crippen LogP contribution in [-0.4, -0.2) is 95.3 Å². The summed E-state index contributed by atoms with van der Waals surface area (Å²) in [6, 6.07) is 6.07. The number of hydrogen-bond donors (Lipinski definition) is 0. The van der Waals surface area contributed by atoms with Crippen molar-refractivity contribution < 1.29 is 14.3 Å². The molecule has 1 unspecified atom stereocenters. The van der Waals surface area contributed by atoms with Crippen molar-refractivity contribution >= 4 is 46.1 Å². The van der Waals surface area contributed by atoms with Crippen molar-refractivity contribution in [3.63, 3.8) is 0 Å². The van der Waals surface area contributed by atoms with Crippen LogP contribution in [0.3, 0.4) is 0 Å². The third kappa shape index (κ3) is 5.94. The average Bonchev–Trinajstić information content (AvgIpc) is 3.38. The molecule has 1 amide bonds. The van der Waals surface area contributed by atoms with Gasteiger partial charge in [0.05, 0.1) is 0 Å². The number of benzene rings is 1. The highest BCUT2D eigenvalue weighted by atomic mass is 35.5. The molecule has 6 rings (SSSR count). The minimum Gasteiger partial charge on any atom is -0.444 e. The van der Waals surface area contributed by atoms with Crippen LogP contribution in [0, 0.1) is 6.92 Å². The summed E-state index contributed by atoms with van der Waals surface area (Å²) in [4.78, 5) is 31.1. The summed E-state index contributed by atoms with van der Waals surface area (Å²) in [5, 5.41) is 6.84. The maximum absolute atomic E-state index is 12.7. The lowest BCUT2D eigenvalue weighted by molar-refractivity contribution is -0.0369. The smallest absolute Gasteiger partial charge is 0.410 e. The fourth-order valence-corrected chi connectivity index (χ4v) is 6.20. The van der Waals surface area contributed by atoms with Crippen LogP contribution in [0.15, 0.2) is 24.5 Å². The molecule has 12 heteroatoms. The molecule has 1 atom stereocenters. The van der Waals surface area contributed by atoms with E-state index in [1.54, 1.807) is 11.2 Å². The second kappa shape index (κ2) is 11.8. The van der Waals surface area contributed by atoms with Crippen molar-refractivity contribution in [1.82, 2.24) is 24.6 Å². The van der Waals surface area contributed by atoms with Gasteiger partial charge in [0, 0.05) is 69.7 Å². The van der Waals surface area contributed by atoms with E-state index in [4.69, 9.17) is 36.1 Å². The number of ether oxygens (including phenoxy) is 2. The SMILES string of the molecule is Cc1ccc(Cl)cc1N1CCN(c2ncnc3c2c(N2CCN(C(=O)OC(C)(C)C)CC2)nn3C2CCCCO2)CC1. The molecule has 0 N–H and O–H groups in total. The van der Waals surface area contributed by atoms with Crippen LogP contribution in [-0.2, 0) is 9.47 Å². The highest BCUT2D eigenvalue weighted by Crippen LogP contribution is 2.37. The number of hydrogen-bond acceptors (Lipinski definition) is 9. The van der Waals surface area contributed by atoms with Crippen LogP contribution in [0.1, 0.15) is 51.8 Å². The molecule has 226 valence electrons. The van der Waals surface area contributed by atoms with Crippen molar-refractivity contribution in [1.29, 1.82) is 0 Å². The summed E-state index contributed by atoms with van der Waals surface area (Å²) in [6.07, 6.45) is 4.29. The Kier molecular flexibility index (Phi) is 8.06. The first kappa shape index (κ1) is 28.8. The first-order valence-electron chi connectivity index (χ1n) is 15.0. The Morgan fingerprint density at radius 2 is 1.64 bits per heavy atom. The van der Waals surface area contributed by atoms with Crippen molar-refractivity contribution in [2.45, 2.75) is 58.8 Å². The summed E-state index contributed by atoms with van der Waals surface area (Å²) in [7, 11) is 0. The summed E-state index contributed by atoms with van der Waals surface area (Å²) >= 11 is 6.33. The first-order valence-corrected chi connectivity index (χ1v) is 15.4. The Labute approximate surface area is 252 Å². The number of carbonyl (C=O) groups is 1. The second-order valence-corrected chi connectivity index (χ2v) is 12.8. The second-order valence-electron chi connectivity index (χ2n) is 12.3. The van der Waals surface area contributed by atoms with Crippen LogP contribution < -0.4 is 14.7 Å². The van der Waals surface area contributed by atoms with Crippen molar-refractivity contribution in [2.75, 3.05) is 73.7 Å². The summed E-state index contributed by atoms with van der Waals surface area (Å²) in [5.74, 6) is 1.75. The summed E-state index contributed by atoms with van der Waals surface area (Å²) < 4.78 is 13.7. The first-order chi connectivity index (χ1) is 20.2. The predicted octanol–water partition coefficient (Wildman–Crippen LogP) is 4.87. The number of piperazine rings is 2. The quantitative estimate of drug-likeness (QED) is 0.418. The molecule has 0 radical (unpaired) electrons. The molecule has 3 aromatic rings. The molecule has 1 aromatic carbocycles. The lowest BCUT2D eigenvalue weighted by Gasteiger charge is -2.38. The Bertz CT molecular complexity index is 1420. The molecular formula is C30H41ClN8O3. The largest absolute Gasteiger partial charge is 0.444 e. The van der Waals surface area contributed by atoms with Gasteiger partial charge in [0.1, 0.15) is 23.1 Å². The maximum Gasteiger partial charge on any atom is 0.410 e. The summed E-state index contributed by atoms with van der Waals surface area (Å²) in [5.41, 5.74) is 2.68. The van der Waals surface area contributed by atoms with Gasteiger partial charge in [-0.2, -0.15) is 0 Å². The molecule has 0 bridgehead atoms. The van der Waals surface area contributed by atoms with Gasteiger partial charge in [-0.25, -0.2) is 19.4 Å². The van der Waals surface area contributed by atoms with Crippen LogP contribution in [0.2, 0.25) is 5.02 Å². The van der Waals surface area contributed by atoms with E-state index in [9.17, 15) is 4.79 Å². The third-order valence-electron chi connectivity index (χ3n) is 8.20. The number of aryl methyl sites for hydroxylation is 1. The molecular weight excluding hydrogens is 556 g/mol. The van der Waals surface area contributed by atoms with Crippen LogP contribution in [0.5, 0.6) is 0 Å². The van der Waals surface area contributed by atoms with Gasteiger partial charge >= 0.3 is 6.09 Å². The fourth-order valence-electron chi connectivity index (χ4n) is 6.03. The van der Waals surface area contributed by atoms with Crippen molar-refractivity contribution in [2.24, 2.45) is 0 Å². The zero-order chi connectivity index (χ0) is 29.4. The zero-order valence-electron chi connectivity index (χ0n) is 25.1. The van der Waals surface area contributed by atoms with E-state index in [1.165, 1.54) is 11.3 Å². The van der Waals surface area contributed by atoms with Gasteiger partial charge in [-0.1, -0.05) is 17.7 Å². The highest BCUT2D eigenvalue weighted by molar-refractivity contribution is 6.30. The number of carbonyl (C=O) groups excluding carboxylic acids is 1. The van der Waals surface area contributed by atoms with E-state index >= 15 is 0 Å². The Morgan fingerprint density at radius 3 is 2.33 bits per heavy atom. The monoisotopic (exact) mass is 596 g/mol. The molecule has 0 spiro atoms. The minimum atomic E-state index is -0.523. The molecule has 2 aromatic heterocycles.